The number of hydrogen-bond donors (Lipinski definition) is 0. The Kier molecular flexibility index (Phi) is 4.62. The lowest BCUT2D eigenvalue weighted by atomic mass is 9.92. The summed E-state index contributed by atoms with van der Waals surface area (Å²) in [6.07, 6.45) is 5.04. The molecule has 1 aromatic rings. The van der Waals surface area contributed by atoms with E-state index in [1.165, 1.54) is 12.0 Å². The molecule has 0 fully saturated rings. The van der Waals surface area contributed by atoms with Gasteiger partial charge in [-0.25, -0.2) is 0 Å². The Morgan fingerprint density at radius 3 is 2.38 bits per heavy atom. The van der Waals surface area contributed by atoms with Crippen molar-refractivity contribution in [3.05, 3.63) is 29.3 Å². The van der Waals surface area contributed by atoms with Crippen LogP contribution < -0.4 is 4.43 Å². The van der Waals surface area contributed by atoms with Crippen LogP contribution in [-0.4, -0.2) is 14.1 Å². The van der Waals surface area contributed by atoms with Gasteiger partial charge in [0.1, 0.15) is 5.75 Å². The number of hydrogen-bond acceptors (Lipinski definition) is 2. The van der Waals surface area contributed by atoms with E-state index in [0.717, 1.165) is 30.6 Å². The van der Waals surface area contributed by atoms with Gasteiger partial charge in [-0.15, -0.1) is 0 Å². The molecule has 0 saturated heterocycles. The maximum absolute atomic E-state index is 12.2. The summed E-state index contributed by atoms with van der Waals surface area (Å²) in [7, 11) is -1.82. The zero-order chi connectivity index (χ0) is 15.7. The minimum absolute atomic E-state index is 0.188. The highest BCUT2D eigenvalue weighted by atomic mass is 28.4. The number of carbonyl (C=O) groups excluding carboxylic acids is 1. The van der Waals surface area contributed by atoms with E-state index >= 15 is 0 Å². The highest BCUT2D eigenvalue weighted by Gasteiger charge is 2.39. The fraction of sp³-hybridized carbons (Fsp3) is 0.611. The Labute approximate surface area is 130 Å². The molecule has 0 bridgehead atoms. The van der Waals surface area contributed by atoms with Gasteiger partial charge in [0, 0.05) is 12.0 Å². The molecule has 21 heavy (non-hydrogen) atoms. The summed E-state index contributed by atoms with van der Waals surface area (Å²) < 4.78 is 6.37. The van der Waals surface area contributed by atoms with E-state index in [-0.39, 0.29) is 5.04 Å². The molecule has 0 heterocycles. The maximum Gasteiger partial charge on any atom is 0.250 e. The van der Waals surface area contributed by atoms with Crippen molar-refractivity contribution < 1.29 is 9.22 Å². The van der Waals surface area contributed by atoms with Gasteiger partial charge in [-0.1, -0.05) is 27.2 Å². The average Bonchev–Trinajstić information content (AvgIpc) is 2.34. The second-order valence-electron chi connectivity index (χ2n) is 7.67. The number of aryl methyl sites for hydroxylation is 1. The minimum atomic E-state index is -1.82. The molecular weight excluding hydrogens is 276 g/mol. The standard InChI is InChI=1S/C18H28O2Si/c1-18(2,3)21(4,5)20-15-11-12-16-14(13-15)9-7-6-8-10-17(16)19/h11-13H,6-10H2,1-5H3. The first-order chi connectivity index (χ1) is 9.71. The third-order valence-corrected chi connectivity index (χ3v) is 9.26. The molecular formula is C18H28O2Si. The summed E-state index contributed by atoms with van der Waals surface area (Å²) in [6.45, 7) is 11.3. The summed E-state index contributed by atoms with van der Waals surface area (Å²) in [5.74, 6) is 1.23. The van der Waals surface area contributed by atoms with E-state index in [1.807, 2.05) is 12.1 Å². The van der Waals surface area contributed by atoms with Crippen LogP contribution in [0.1, 0.15) is 62.4 Å². The first-order valence-electron chi connectivity index (χ1n) is 8.06. The molecule has 3 heteroatoms. The molecule has 1 aliphatic rings. The molecule has 2 rings (SSSR count). The van der Waals surface area contributed by atoms with Crippen molar-refractivity contribution >= 4 is 14.1 Å². The number of Topliss-reactive ketones (excluding diaryl/α,β-unsaturated/α-hetero) is 1. The summed E-state index contributed by atoms with van der Waals surface area (Å²) in [5, 5.41) is 0.188. The molecule has 0 atom stereocenters. The zero-order valence-corrected chi connectivity index (χ0v) is 15.1. The normalized spacial score (nSPS) is 16.9. The molecule has 0 radical (unpaired) electrons. The smallest absolute Gasteiger partial charge is 0.250 e. The Morgan fingerprint density at radius 1 is 1.05 bits per heavy atom. The Morgan fingerprint density at radius 2 is 1.71 bits per heavy atom. The van der Waals surface area contributed by atoms with Crippen molar-refractivity contribution in [3.8, 4) is 5.75 Å². The van der Waals surface area contributed by atoms with Crippen LogP contribution in [0.2, 0.25) is 18.1 Å². The van der Waals surface area contributed by atoms with Gasteiger partial charge in [0.25, 0.3) is 0 Å². The van der Waals surface area contributed by atoms with Gasteiger partial charge in [-0.3, -0.25) is 4.79 Å². The summed E-state index contributed by atoms with van der Waals surface area (Å²) in [6, 6.07) is 6.07. The number of rotatable bonds is 2. The average molecular weight is 305 g/mol. The van der Waals surface area contributed by atoms with E-state index in [1.54, 1.807) is 0 Å². The van der Waals surface area contributed by atoms with Crippen molar-refractivity contribution in [2.24, 2.45) is 0 Å². The van der Waals surface area contributed by atoms with Crippen LogP contribution >= 0.6 is 0 Å². The molecule has 0 aromatic heterocycles. The molecule has 0 saturated carbocycles. The molecule has 0 amide bonds. The highest BCUT2D eigenvalue weighted by molar-refractivity contribution is 6.74. The molecule has 116 valence electrons. The lowest BCUT2D eigenvalue weighted by molar-refractivity contribution is 0.0976. The fourth-order valence-electron chi connectivity index (χ4n) is 2.47. The van der Waals surface area contributed by atoms with Crippen LogP contribution in [-0.2, 0) is 6.42 Å². The first kappa shape index (κ1) is 16.3. The van der Waals surface area contributed by atoms with E-state index in [2.05, 4.69) is 39.9 Å². The Bertz CT molecular complexity index is 527. The maximum atomic E-state index is 12.2. The third-order valence-electron chi connectivity index (χ3n) is 4.91. The van der Waals surface area contributed by atoms with E-state index in [4.69, 9.17) is 4.43 Å². The van der Waals surface area contributed by atoms with E-state index in [9.17, 15) is 4.79 Å². The minimum Gasteiger partial charge on any atom is -0.543 e. The molecule has 0 spiro atoms. The summed E-state index contributed by atoms with van der Waals surface area (Å²) in [4.78, 5) is 12.2. The van der Waals surface area contributed by atoms with Gasteiger partial charge in [-0.2, -0.15) is 0 Å². The van der Waals surface area contributed by atoms with E-state index in [0.29, 0.717) is 12.2 Å². The fourth-order valence-corrected chi connectivity index (χ4v) is 3.50. The molecule has 0 unspecified atom stereocenters. The largest absolute Gasteiger partial charge is 0.543 e. The number of benzene rings is 1. The van der Waals surface area contributed by atoms with Crippen LogP contribution in [0, 0.1) is 0 Å². The van der Waals surface area contributed by atoms with Crippen molar-refractivity contribution in [2.75, 3.05) is 0 Å². The summed E-state index contributed by atoms with van der Waals surface area (Å²) >= 11 is 0. The van der Waals surface area contributed by atoms with Gasteiger partial charge in [0.05, 0.1) is 0 Å². The van der Waals surface area contributed by atoms with Gasteiger partial charge >= 0.3 is 0 Å². The predicted molar refractivity (Wildman–Crippen MR) is 90.8 cm³/mol. The summed E-state index contributed by atoms with van der Waals surface area (Å²) in [5.41, 5.74) is 2.09. The zero-order valence-electron chi connectivity index (χ0n) is 14.1. The number of ketones is 1. The van der Waals surface area contributed by atoms with Gasteiger partial charge < -0.3 is 4.43 Å². The Balaban J connectivity index is 2.28. The lowest BCUT2D eigenvalue weighted by Crippen LogP contribution is -2.43. The lowest BCUT2D eigenvalue weighted by Gasteiger charge is -2.36. The molecule has 0 aliphatic heterocycles. The second kappa shape index (κ2) is 5.96. The number of carbonyl (C=O) groups is 1. The first-order valence-corrected chi connectivity index (χ1v) is 11.0. The van der Waals surface area contributed by atoms with Crippen molar-refractivity contribution in [1.29, 1.82) is 0 Å². The van der Waals surface area contributed by atoms with Crippen molar-refractivity contribution in [1.82, 2.24) is 0 Å². The van der Waals surface area contributed by atoms with E-state index < -0.39 is 8.32 Å². The van der Waals surface area contributed by atoms with Crippen LogP contribution in [0.5, 0.6) is 5.75 Å². The molecule has 1 aromatic carbocycles. The van der Waals surface area contributed by atoms with Crippen LogP contribution in [0.3, 0.4) is 0 Å². The highest BCUT2D eigenvalue weighted by Crippen LogP contribution is 2.38. The van der Waals surface area contributed by atoms with Gasteiger partial charge in [-0.05, 0) is 61.2 Å². The predicted octanol–water partition coefficient (Wildman–Crippen LogP) is 5.37. The third kappa shape index (κ3) is 3.76. The SMILES string of the molecule is CC(C)(C)[Si](C)(C)Oc1ccc2c(c1)CCCCCC2=O. The monoisotopic (exact) mass is 304 g/mol. The second-order valence-corrected chi connectivity index (χ2v) is 12.4. The number of fused-ring (bicyclic) bond motifs is 1. The molecule has 1 aliphatic carbocycles. The molecule has 2 nitrogen and oxygen atoms in total. The van der Waals surface area contributed by atoms with Crippen molar-refractivity contribution in [2.45, 2.75) is 71.0 Å². The Hall–Kier alpha value is -1.09. The van der Waals surface area contributed by atoms with Gasteiger partial charge in [0.15, 0.2) is 5.78 Å². The van der Waals surface area contributed by atoms with Crippen LogP contribution in [0.4, 0.5) is 0 Å². The van der Waals surface area contributed by atoms with Crippen molar-refractivity contribution in [3.63, 3.8) is 0 Å². The van der Waals surface area contributed by atoms with Crippen LogP contribution in [0.15, 0.2) is 18.2 Å². The quantitative estimate of drug-likeness (QED) is 0.687. The topological polar surface area (TPSA) is 26.3 Å². The molecule has 0 N–H and O–H groups in total. The van der Waals surface area contributed by atoms with Crippen LogP contribution in [0.25, 0.3) is 0 Å². The van der Waals surface area contributed by atoms with Gasteiger partial charge in [0.2, 0.25) is 8.32 Å².